The summed E-state index contributed by atoms with van der Waals surface area (Å²) >= 11 is 3.59. The van der Waals surface area contributed by atoms with Gasteiger partial charge in [-0.1, -0.05) is 19.1 Å². The minimum atomic E-state index is 0.162. The van der Waals surface area contributed by atoms with Gasteiger partial charge in [0.05, 0.1) is 12.4 Å². The predicted molar refractivity (Wildman–Crippen MR) is 84.2 cm³/mol. The minimum Gasteiger partial charge on any atom is -0.497 e. The second-order valence-electron chi connectivity index (χ2n) is 4.30. The molecule has 0 bridgehead atoms. The molecule has 0 aliphatic carbocycles. The van der Waals surface area contributed by atoms with Gasteiger partial charge in [-0.05, 0) is 36.1 Å². The van der Waals surface area contributed by atoms with Crippen molar-refractivity contribution in [2.24, 2.45) is 5.73 Å². The first kappa shape index (κ1) is 14.4. The summed E-state index contributed by atoms with van der Waals surface area (Å²) in [6.45, 7) is 2.14. The molecule has 19 heavy (non-hydrogen) atoms. The van der Waals surface area contributed by atoms with Crippen LogP contribution in [0.5, 0.6) is 5.75 Å². The van der Waals surface area contributed by atoms with Crippen LogP contribution in [0.3, 0.4) is 0 Å². The molecular weight excluding hydrogens is 274 g/mol. The van der Waals surface area contributed by atoms with Crippen molar-refractivity contribution in [2.75, 3.05) is 7.11 Å². The molecule has 2 atom stereocenters. The molecule has 2 nitrogen and oxygen atoms in total. The average molecular weight is 293 g/mol. The van der Waals surface area contributed by atoms with Gasteiger partial charge in [0.2, 0.25) is 0 Å². The smallest absolute Gasteiger partial charge is 0.119 e. The Morgan fingerprint density at radius 2 is 2.16 bits per heavy atom. The van der Waals surface area contributed by atoms with Crippen LogP contribution in [-0.4, -0.2) is 13.2 Å². The molecule has 1 aromatic carbocycles. The van der Waals surface area contributed by atoms with Gasteiger partial charge in [0, 0.05) is 15.8 Å². The zero-order valence-electron chi connectivity index (χ0n) is 11.2. The summed E-state index contributed by atoms with van der Waals surface area (Å²) in [5, 5.41) is 2.41. The monoisotopic (exact) mass is 293 g/mol. The molecule has 2 unspecified atom stereocenters. The number of benzene rings is 1. The van der Waals surface area contributed by atoms with E-state index < -0.39 is 0 Å². The SMILES string of the molecule is CCC(N)C(Sc1cccc(OC)c1)c1cccs1. The molecule has 0 saturated carbocycles. The van der Waals surface area contributed by atoms with Gasteiger partial charge in [0.25, 0.3) is 0 Å². The summed E-state index contributed by atoms with van der Waals surface area (Å²) in [5.41, 5.74) is 6.28. The van der Waals surface area contributed by atoms with Crippen molar-refractivity contribution in [2.45, 2.75) is 29.5 Å². The zero-order chi connectivity index (χ0) is 13.7. The van der Waals surface area contributed by atoms with Crippen LogP contribution in [0.25, 0.3) is 0 Å². The number of thioether (sulfide) groups is 1. The number of thiophene rings is 1. The van der Waals surface area contributed by atoms with Crippen LogP contribution >= 0.6 is 23.1 Å². The van der Waals surface area contributed by atoms with E-state index in [1.165, 1.54) is 9.77 Å². The maximum Gasteiger partial charge on any atom is 0.119 e. The second-order valence-corrected chi connectivity index (χ2v) is 6.50. The fourth-order valence-electron chi connectivity index (χ4n) is 1.84. The van der Waals surface area contributed by atoms with E-state index in [9.17, 15) is 0 Å². The topological polar surface area (TPSA) is 35.2 Å². The Labute approximate surface area is 123 Å². The minimum absolute atomic E-state index is 0.162. The van der Waals surface area contributed by atoms with Gasteiger partial charge in [-0.25, -0.2) is 0 Å². The standard InChI is InChI=1S/C15H19NOS2/c1-3-13(16)15(14-8-5-9-18-14)19-12-7-4-6-11(10-12)17-2/h4-10,13,15H,3,16H2,1-2H3. The summed E-state index contributed by atoms with van der Waals surface area (Å²) in [6, 6.07) is 12.6. The highest BCUT2D eigenvalue weighted by Crippen LogP contribution is 2.40. The maximum atomic E-state index is 6.28. The number of nitrogens with two attached hydrogens (primary N) is 1. The van der Waals surface area contributed by atoms with E-state index >= 15 is 0 Å². The molecule has 1 heterocycles. The van der Waals surface area contributed by atoms with Crippen molar-refractivity contribution >= 4 is 23.1 Å². The lowest BCUT2D eigenvalue weighted by atomic mass is 10.1. The fraction of sp³-hybridized carbons (Fsp3) is 0.333. The van der Waals surface area contributed by atoms with E-state index in [0.29, 0.717) is 5.25 Å². The van der Waals surface area contributed by atoms with E-state index in [0.717, 1.165) is 12.2 Å². The third kappa shape index (κ3) is 3.75. The molecule has 0 saturated heterocycles. The second kappa shape index (κ2) is 6.98. The lowest BCUT2D eigenvalue weighted by Crippen LogP contribution is -2.25. The van der Waals surface area contributed by atoms with Crippen molar-refractivity contribution in [1.82, 2.24) is 0 Å². The highest BCUT2D eigenvalue weighted by atomic mass is 32.2. The maximum absolute atomic E-state index is 6.28. The predicted octanol–water partition coefficient (Wildman–Crippen LogP) is 4.33. The summed E-state index contributed by atoms with van der Waals surface area (Å²) in [6.07, 6.45) is 0.972. The Bertz CT molecular complexity index is 499. The molecule has 4 heteroatoms. The molecule has 1 aromatic heterocycles. The fourth-order valence-corrected chi connectivity index (χ4v) is 4.13. The Kier molecular flexibility index (Phi) is 5.31. The van der Waals surface area contributed by atoms with E-state index in [-0.39, 0.29) is 6.04 Å². The first-order valence-corrected chi connectivity index (χ1v) is 8.10. The lowest BCUT2D eigenvalue weighted by Gasteiger charge is -2.21. The number of hydrogen-bond acceptors (Lipinski definition) is 4. The molecule has 0 aliphatic rings. The van der Waals surface area contributed by atoms with Crippen LogP contribution in [-0.2, 0) is 0 Å². The van der Waals surface area contributed by atoms with Crippen LogP contribution in [0, 0.1) is 0 Å². The molecule has 0 spiro atoms. The quantitative estimate of drug-likeness (QED) is 0.805. The van der Waals surface area contributed by atoms with Gasteiger partial charge < -0.3 is 10.5 Å². The Morgan fingerprint density at radius 3 is 2.79 bits per heavy atom. The van der Waals surface area contributed by atoms with Crippen LogP contribution in [0.1, 0.15) is 23.5 Å². The van der Waals surface area contributed by atoms with E-state index in [4.69, 9.17) is 10.5 Å². The molecule has 0 aliphatic heterocycles. The number of methoxy groups -OCH3 is 1. The number of rotatable bonds is 6. The molecule has 0 radical (unpaired) electrons. The number of ether oxygens (including phenoxy) is 1. The molecule has 0 fully saturated rings. The first-order valence-electron chi connectivity index (χ1n) is 6.34. The van der Waals surface area contributed by atoms with Crippen LogP contribution < -0.4 is 10.5 Å². The zero-order valence-corrected chi connectivity index (χ0v) is 12.8. The third-order valence-corrected chi connectivity index (χ3v) is 5.48. The van der Waals surface area contributed by atoms with Gasteiger partial charge in [-0.15, -0.1) is 23.1 Å². The lowest BCUT2D eigenvalue weighted by molar-refractivity contribution is 0.413. The largest absolute Gasteiger partial charge is 0.497 e. The Morgan fingerprint density at radius 1 is 1.32 bits per heavy atom. The molecule has 2 aromatic rings. The van der Waals surface area contributed by atoms with Gasteiger partial charge >= 0.3 is 0 Å². The van der Waals surface area contributed by atoms with Gasteiger partial charge in [0.15, 0.2) is 0 Å². The van der Waals surface area contributed by atoms with Crippen molar-refractivity contribution in [3.63, 3.8) is 0 Å². The Balaban J connectivity index is 2.20. The summed E-state index contributed by atoms with van der Waals surface area (Å²) < 4.78 is 5.27. The molecular formula is C15H19NOS2. The molecule has 2 N–H and O–H groups in total. The van der Waals surface area contributed by atoms with Gasteiger partial charge in [0.1, 0.15) is 5.75 Å². The average Bonchev–Trinajstić information content (AvgIpc) is 2.98. The Hall–Kier alpha value is -0.970. The molecule has 2 rings (SSSR count). The highest BCUT2D eigenvalue weighted by Gasteiger charge is 2.21. The van der Waals surface area contributed by atoms with Crippen molar-refractivity contribution in [3.05, 3.63) is 46.7 Å². The van der Waals surface area contributed by atoms with Crippen LogP contribution in [0.2, 0.25) is 0 Å². The summed E-state index contributed by atoms with van der Waals surface area (Å²) in [4.78, 5) is 2.53. The highest BCUT2D eigenvalue weighted by molar-refractivity contribution is 7.99. The van der Waals surface area contributed by atoms with E-state index in [2.05, 4.69) is 36.6 Å². The normalized spacial score (nSPS) is 14.1. The van der Waals surface area contributed by atoms with Crippen LogP contribution in [0.4, 0.5) is 0 Å². The van der Waals surface area contributed by atoms with Gasteiger partial charge in [-0.2, -0.15) is 0 Å². The van der Waals surface area contributed by atoms with Crippen LogP contribution in [0.15, 0.2) is 46.7 Å². The van der Waals surface area contributed by atoms with Crippen molar-refractivity contribution in [3.8, 4) is 5.75 Å². The summed E-state index contributed by atoms with van der Waals surface area (Å²) in [5.74, 6) is 0.889. The van der Waals surface area contributed by atoms with Gasteiger partial charge in [-0.3, -0.25) is 0 Å². The first-order chi connectivity index (χ1) is 9.24. The van der Waals surface area contributed by atoms with E-state index in [1.54, 1.807) is 18.4 Å². The van der Waals surface area contributed by atoms with E-state index in [1.807, 2.05) is 23.9 Å². The van der Waals surface area contributed by atoms with Crippen molar-refractivity contribution in [1.29, 1.82) is 0 Å². The van der Waals surface area contributed by atoms with Crippen molar-refractivity contribution < 1.29 is 4.74 Å². The summed E-state index contributed by atoms with van der Waals surface area (Å²) in [7, 11) is 1.69. The molecule has 0 amide bonds. The number of hydrogen-bond donors (Lipinski definition) is 1. The molecule has 102 valence electrons. The third-order valence-electron chi connectivity index (χ3n) is 2.99.